The van der Waals surface area contributed by atoms with E-state index in [1.807, 2.05) is 0 Å². The minimum Gasteiger partial charge on any atom is -0.445 e. The molecule has 0 aromatic rings. The summed E-state index contributed by atoms with van der Waals surface area (Å²) < 4.78 is 10.6. The maximum atomic E-state index is 11.2. The first-order valence-corrected chi connectivity index (χ1v) is 5.82. The van der Waals surface area contributed by atoms with Gasteiger partial charge in [0.25, 0.3) is 0 Å². The molecular formula is C11H20N2O3. The third kappa shape index (κ3) is 2.01. The van der Waals surface area contributed by atoms with Gasteiger partial charge in [0.2, 0.25) is 0 Å². The van der Waals surface area contributed by atoms with E-state index in [-0.39, 0.29) is 17.7 Å². The Bertz CT molecular complexity index is 272. The second-order valence-corrected chi connectivity index (χ2v) is 4.69. The predicted octanol–water partition coefficient (Wildman–Crippen LogP) is 0.596. The summed E-state index contributed by atoms with van der Waals surface area (Å²) in [5.74, 6) is 0. The van der Waals surface area contributed by atoms with E-state index in [9.17, 15) is 4.79 Å². The zero-order chi connectivity index (χ0) is 11.6. The van der Waals surface area contributed by atoms with Crippen molar-refractivity contribution >= 4 is 6.09 Å². The Kier molecular flexibility index (Phi) is 3.35. The van der Waals surface area contributed by atoms with Crippen molar-refractivity contribution in [2.24, 2.45) is 0 Å². The van der Waals surface area contributed by atoms with Gasteiger partial charge in [0, 0.05) is 32.7 Å². The second-order valence-electron chi connectivity index (χ2n) is 4.69. The minimum atomic E-state index is -0.334. The summed E-state index contributed by atoms with van der Waals surface area (Å²) in [7, 11) is 3.32. The molecule has 5 nitrogen and oxygen atoms in total. The van der Waals surface area contributed by atoms with Crippen molar-refractivity contribution in [3.05, 3.63) is 0 Å². The van der Waals surface area contributed by atoms with E-state index in [1.165, 1.54) is 6.42 Å². The standard InChI is InChI=1S/C11H20N2O3/c1-12-10(14)16-9-6-11(8-15-2)4-3-5-13(11)7-9/h9H,3-8H2,1-2H3,(H,12,14). The van der Waals surface area contributed by atoms with Gasteiger partial charge in [-0.15, -0.1) is 0 Å². The highest BCUT2D eigenvalue weighted by molar-refractivity contribution is 5.66. The first kappa shape index (κ1) is 11.7. The zero-order valence-electron chi connectivity index (χ0n) is 9.99. The van der Waals surface area contributed by atoms with E-state index in [4.69, 9.17) is 9.47 Å². The van der Waals surface area contributed by atoms with Crippen LogP contribution in [-0.2, 0) is 9.47 Å². The lowest BCUT2D eigenvalue weighted by Gasteiger charge is -2.30. The number of amides is 1. The Hall–Kier alpha value is -0.810. The van der Waals surface area contributed by atoms with Crippen LogP contribution in [0.2, 0.25) is 0 Å². The lowest BCUT2D eigenvalue weighted by molar-refractivity contribution is 0.0637. The van der Waals surface area contributed by atoms with Gasteiger partial charge in [-0.2, -0.15) is 0 Å². The normalized spacial score (nSPS) is 33.8. The van der Waals surface area contributed by atoms with E-state index < -0.39 is 0 Å². The van der Waals surface area contributed by atoms with Gasteiger partial charge >= 0.3 is 6.09 Å². The predicted molar refractivity (Wildman–Crippen MR) is 59.4 cm³/mol. The van der Waals surface area contributed by atoms with Crippen molar-refractivity contribution in [2.75, 3.05) is 33.9 Å². The van der Waals surface area contributed by atoms with Crippen molar-refractivity contribution in [3.63, 3.8) is 0 Å². The van der Waals surface area contributed by atoms with Gasteiger partial charge in [-0.25, -0.2) is 4.79 Å². The summed E-state index contributed by atoms with van der Waals surface area (Å²) in [6.07, 6.45) is 2.94. The average Bonchev–Trinajstić information content (AvgIpc) is 2.74. The van der Waals surface area contributed by atoms with Crippen molar-refractivity contribution in [1.82, 2.24) is 10.2 Å². The Labute approximate surface area is 96.1 Å². The first-order chi connectivity index (χ1) is 7.70. The van der Waals surface area contributed by atoms with Gasteiger partial charge in [-0.05, 0) is 19.4 Å². The average molecular weight is 228 g/mol. The van der Waals surface area contributed by atoms with Crippen LogP contribution in [0.15, 0.2) is 0 Å². The molecule has 16 heavy (non-hydrogen) atoms. The molecular weight excluding hydrogens is 208 g/mol. The largest absolute Gasteiger partial charge is 0.445 e. The molecule has 0 spiro atoms. The maximum Gasteiger partial charge on any atom is 0.407 e. The molecule has 2 heterocycles. The van der Waals surface area contributed by atoms with Crippen molar-refractivity contribution in [1.29, 1.82) is 0 Å². The lowest BCUT2D eigenvalue weighted by atomic mass is 9.94. The molecule has 0 aromatic carbocycles. The van der Waals surface area contributed by atoms with E-state index in [1.54, 1.807) is 14.2 Å². The highest BCUT2D eigenvalue weighted by Gasteiger charge is 2.49. The van der Waals surface area contributed by atoms with Gasteiger partial charge in [0.15, 0.2) is 0 Å². The van der Waals surface area contributed by atoms with Gasteiger partial charge in [0.1, 0.15) is 6.10 Å². The molecule has 2 aliphatic rings. The highest BCUT2D eigenvalue weighted by Crippen LogP contribution is 2.39. The van der Waals surface area contributed by atoms with Gasteiger partial charge in [-0.1, -0.05) is 0 Å². The molecule has 1 amide bonds. The number of hydrogen-bond acceptors (Lipinski definition) is 4. The van der Waals surface area contributed by atoms with Crippen LogP contribution in [0.3, 0.4) is 0 Å². The quantitative estimate of drug-likeness (QED) is 0.768. The third-order valence-corrected chi connectivity index (χ3v) is 3.66. The topological polar surface area (TPSA) is 50.8 Å². The van der Waals surface area contributed by atoms with Crippen molar-refractivity contribution < 1.29 is 14.3 Å². The zero-order valence-corrected chi connectivity index (χ0v) is 9.99. The molecule has 0 aliphatic carbocycles. The van der Waals surface area contributed by atoms with Gasteiger partial charge in [0.05, 0.1) is 6.61 Å². The summed E-state index contributed by atoms with van der Waals surface area (Å²) in [5.41, 5.74) is 0.118. The fourth-order valence-corrected chi connectivity index (χ4v) is 3.02. The van der Waals surface area contributed by atoms with Gasteiger partial charge in [-0.3, -0.25) is 4.90 Å². The SMILES string of the molecule is CNC(=O)OC1CN2CCCC2(COC)C1. The van der Waals surface area contributed by atoms with Crippen LogP contribution in [0.4, 0.5) is 4.79 Å². The summed E-state index contributed by atoms with van der Waals surface area (Å²) in [4.78, 5) is 13.6. The molecule has 2 rings (SSSR count). The van der Waals surface area contributed by atoms with Crippen molar-refractivity contribution in [2.45, 2.75) is 30.9 Å². The number of ether oxygens (including phenoxy) is 2. The molecule has 1 N–H and O–H groups in total. The maximum absolute atomic E-state index is 11.2. The number of carbonyl (C=O) groups excluding carboxylic acids is 1. The summed E-state index contributed by atoms with van der Waals surface area (Å²) in [6.45, 7) is 2.67. The number of carbonyl (C=O) groups is 1. The molecule has 2 fully saturated rings. The molecule has 0 aromatic heterocycles. The molecule has 5 heteroatoms. The van der Waals surface area contributed by atoms with Crippen LogP contribution in [0.1, 0.15) is 19.3 Å². The first-order valence-electron chi connectivity index (χ1n) is 5.82. The Morgan fingerprint density at radius 3 is 3.12 bits per heavy atom. The molecule has 2 atom stereocenters. The van der Waals surface area contributed by atoms with E-state index in [0.29, 0.717) is 0 Å². The van der Waals surface area contributed by atoms with Crippen LogP contribution < -0.4 is 5.32 Å². The number of nitrogens with zero attached hydrogens (tertiary/aromatic N) is 1. The summed E-state index contributed by atoms with van der Waals surface area (Å²) >= 11 is 0. The Balaban J connectivity index is 1.96. The molecule has 0 radical (unpaired) electrons. The van der Waals surface area contributed by atoms with Crippen molar-refractivity contribution in [3.8, 4) is 0 Å². The number of fused-ring (bicyclic) bond motifs is 1. The Morgan fingerprint density at radius 1 is 1.62 bits per heavy atom. The number of rotatable bonds is 3. The molecule has 0 bridgehead atoms. The van der Waals surface area contributed by atoms with Crippen LogP contribution in [0, 0.1) is 0 Å². The van der Waals surface area contributed by atoms with E-state index >= 15 is 0 Å². The molecule has 2 aliphatic heterocycles. The lowest BCUT2D eigenvalue weighted by Crippen LogP contribution is -2.42. The van der Waals surface area contributed by atoms with Gasteiger partial charge < -0.3 is 14.8 Å². The number of hydrogen-bond donors (Lipinski definition) is 1. The minimum absolute atomic E-state index is 0.00963. The Morgan fingerprint density at radius 2 is 2.44 bits per heavy atom. The molecule has 0 saturated carbocycles. The molecule has 2 unspecified atom stereocenters. The van der Waals surface area contributed by atoms with Crippen LogP contribution in [0.5, 0.6) is 0 Å². The number of alkyl carbamates (subject to hydrolysis) is 1. The molecule has 2 saturated heterocycles. The fourth-order valence-electron chi connectivity index (χ4n) is 3.02. The third-order valence-electron chi connectivity index (χ3n) is 3.66. The molecule has 92 valence electrons. The smallest absolute Gasteiger partial charge is 0.407 e. The summed E-state index contributed by atoms with van der Waals surface area (Å²) in [6, 6.07) is 0. The monoisotopic (exact) mass is 228 g/mol. The number of nitrogens with one attached hydrogen (secondary N) is 1. The second kappa shape index (κ2) is 4.59. The van der Waals surface area contributed by atoms with Crippen LogP contribution in [0.25, 0.3) is 0 Å². The van der Waals surface area contributed by atoms with Crippen LogP contribution in [-0.4, -0.2) is 56.5 Å². The fraction of sp³-hybridized carbons (Fsp3) is 0.909. The van der Waals surface area contributed by atoms with E-state index in [2.05, 4.69) is 10.2 Å². The summed E-state index contributed by atoms with van der Waals surface area (Å²) in [5, 5.41) is 2.49. The number of methoxy groups -OCH3 is 1. The van der Waals surface area contributed by atoms with Crippen LogP contribution >= 0.6 is 0 Å². The highest BCUT2D eigenvalue weighted by atomic mass is 16.6. The van der Waals surface area contributed by atoms with E-state index in [0.717, 1.165) is 32.5 Å².